The fraction of sp³-hybridized carbons (Fsp3) is 0.529. The van der Waals surface area contributed by atoms with E-state index in [9.17, 15) is 9.59 Å². The molecule has 1 aliphatic heterocycles. The Hall–Kier alpha value is -1.49. The van der Waals surface area contributed by atoms with E-state index in [-0.39, 0.29) is 29.5 Å². The van der Waals surface area contributed by atoms with Gasteiger partial charge in [0.25, 0.3) is 0 Å². The second-order valence-corrected chi connectivity index (χ2v) is 7.12. The molecule has 2 atom stereocenters. The van der Waals surface area contributed by atoms with Crippen LogP contribution in [0.1, 0.15) is 38.2 Å². The molecule has 1 aliphatic rings. The Bertz CT molecular complexity index is 507. The second kappa shape index (κ2) is 8.22. The number of likely N-dealkylation sites (tertiary alicyclic amines) is 1. The molecule has 0 bridgehead atoms. The maximum atomic E-state index is 12.7. The number of piperidine rings is 1. The van der Waals surface area contributed by atoms with Gasteiger partial charge in [-0.2, -0.15) is 0 Å². The molecule has 120 valence electrons. The first kappa shape index (κ1) is 16.9. The number of amides is 2. The molecule has 2 amide bonds. The highest BCUT2D eigenvalue weighted by Crippen LogP contribution is 2.25. The lowest BCUT2D eigenvalue weighted by atomic mass is 9.98. The van der Waals surface area contributed by atoms with E-state index >= 15 is 0 Å². The zero-order chi connectivity index (χ0) is 15.9. The average molecular weight is 320 g/mol. The molecule has 0 radical (unpaired) electrons. The minimum Gasteiger partial charge on any atom is -0.370 e. The van der Waals surface area contributed by atoms with E-state index in [4.69, 9.17) is 5.73 Å². The lowest BCUT2D eigenvalue weighted by molar-refractivity contribution is -0.135. The van der Waals surface area contributed by atoms with Gasteiger partial charge < -0.3 is 10.6 Å². The average Bonchev–Trinajstić information content (AvgIpc) is 2.53. The standard InChI is InChI=1S/C17H24N2O2S/c1-13(22-12-14-7-3-2-4-8-14)17(21)19-10-6-5-9-15(19)11-16(18)20/h2-4,7-8,13,15H,5-6,9-12H2,1H3,(H2,18,20)/t13-,15-/m0/s1. The van der Waals surface area contributed by atoms with Crippen molar-refractivity contribution in [1.82, 2.24) is 4.90 Å². The number of hydrogen-bond donors (Lipinski definition) is 1. The number of benzene rings is 1. The first-order valence-electron chi connectivity index (χ1n) is 7.82. The highest BCUT2D eigenvalue weighted by atomic mass is 32.2. The Morgan fingerprint density at radius 3 is 2.73 bits per heavy atom. The molecule has 0 spiro atoms. The van der Waals surface area contributed by atoms with Gasteiger partial charge in [-0.15, -0.1) is 11.8 Å². The zero-order valence-electron chi connectivity index (χ0n) is 13.0. The maximum absolute atomic E-state index is 12.7. The van der Waals surface area contributed by atoms with Gasteiger partial charge in [0.2, 0.25) is 11.8 Å². The Labute approximate surface area is 136 Å². The van der Waals surface area contributed by atoms with Crippen LogP contribution in [0.2, 0.25) is 0 Å². The molecule has 0 unspecified atom stereocenters. The number of carbonyl (C=O) groups excluding carboxylic acids is 2. The van der Waals surface area contributed by atoms with Gasteiger partial charge in [0.05, 0.1) is 5.25 Å². The molecule has 1 aromatic carbocycles. The number of nitrogens with zero attached hydrogens (tertiary/aromatic N) is 1. The third-order valence-corrected chi connectivity index (χ3v) is 5.24. The van der Waals surface area contributed by atoms with E-state index in [0.717, 1.165) is 31.6 Å². The van der Waals surface area contributed by atoms with Crippen molar-refractivity contribution in [3.8, 4) is 0 Å². The number of thioether (sulfide) groups is 1. The molecule has 22 heavy (non-hydrogen) atoms. The van der Waals surface area contributed by atoms with Gasteiger partial charge in [0.1, 0.15) is 0 Å². The van der Waals surface area contributed by atoms with Gasteiger partial charge in [-0.3, -0.25) is 9.59 Å². The van der Waals surface area contributed by atoms with Crippen molar-refractivity contribution >= 4 is 23.6 Å². The van der Waals surface area contributed by atoms with Crippen molar-refractivity contribution in [3.63, 3.8) is 0 Å². The van der Waals surface area contributed by atoms with Gasteiger partial charge in [-0.05, 0) is 31.7 Å². The van der Waals surface area contributed by atoms with Crippen LogP contribution in [0, 0.1) is 0 Å². The molecule has 4 nitrogen and oxygen atoms in total. The molecule has 0 saturated carbocycles. The summed E-state index contributed by atoms with van der Waals surface area (Å²) in [6.07, 6.45) is 3.23. The Kier molecular flexibility index (Phi) is 6.31. The van der Waals surface area contributed by atoms with Crippen LogP contribution in [0.4, 0.5) is 0 Å². The quantitative estimate of drug-likeness (QED) is 0.876. The topological polar surface area (TPSA) is 63.4 Å². The molecular weight excluding hydrogens is 296 g/mol. The van der Waals surface area contributed by atoms with Crippen LogP contribution in [0.3, 0.4) is 0 Å². The smallest absolute Gasteiger partial charge is 0.235 e. The van der Waals surface area contributed by atoms with Crippen LogP contribution in [0.5, 0.6) is 0 Å². The van der Waals surface area contributed by atoms with Crippen molar-refractivity contribution in [2.45, 2.75) is 49.7 Å². The first-order chi connectivity index (χ1) is 10.6. The summed E-state index contributed by atoms with van der Waals surface area (Å²) in [7, 11) is 0. The molecule has 1 heterocycles. The molecule has 1 saturated heterocycles. The van der Waals surface area contributed by atoms with Gasteiger partial charge in [-0.1, -0.05) is 30.3 Å². The summed E-state index contributed by atoms with van der Waals surface area (Å²) in [6.45, 7) is 2.69. The van der Waals surface area contributed by atoms with E-state index in [2.05, 4.69) is 12.1 Å². The zero-order valence-corrected chi connectivity index (χ0v) is 13.8. The number of primary amides is 1. The molecular formula is C17H24N2O2S. The highest BCUT2D eigenvalue weighted by Gasteiger charge is 2.30. The fourth-order valence-electron chi connectivity index (χ4n) is 2.84. The molecule has 1 fully saturated rings. The molecule has 0 aliphatic carbocycles. The molecule has 0 aromatic heterocycles. The van der Waals surface area contributed by atoms with Crippen LogP contribution in [0.25, 0.3) is 0 Å². The van der Waals surface area contributed by atoms with Gasteiger partial charge in [0, 0.05) is 24.8 Å². The predicted molar refractivity (Wildman–Crippen MR) is 90.4 cm³/mol. The number of hydrogen-bond acceptors (Lipinski definition) is 3. The third kappa shape index (κ3) is 4.77. The number of carbonyl (C=O) groups is 2. The summed E-state index contributed by atoms with van der Waals surface area (Å²) in [5.74, 6) is 0.628. The van der Waals surface area contributed by atoms with Gasteiger partial charge in [0.15, 0.2) is 0 Å². The monoisotopic (exact) mass is 320 g/mol. The minimum absolute atomic E-state index is 0.0153. The van der Waals surface area contributed by atoms with E-state index in [1.54, 1.807) is 11.8 Å². The van der Waals surface area contributed by atoms with Crippen molar-refractivity contribution in [2.24, 2.45) is 5.73 Å². The highest BCUT2D eigenvalue weighted by molar-refractivity contribution is 7.99. The van der Waals surface area contributed by atoms with Gasteiger partial charge >= 0.3 is 0 Å². The van der Waals surface area contributed by atoms with Crippen LogP contribution < -0.4 is 5.73 Å². The number of nitrogens with two attached hydrogens (primary N) is 1. The maximum Gasteiger partial charge on any atom is 0.235 e. The lowest BCUT2D eigenvalue weighted by Crippen LogP contribution is -2.48. The van der Waals surface area contributed by atoms with E-state index in [1.807, 2.05) is 30.0 Å². The summed E-state index contributed by atoms with van der Waals surface area (Å²) in [5.41, 5.74) is 6.54. The number of rotatable bonds is 6. The van der Waals surface area contributed by atoms with Crippen LogP contribution in [-0.4, -0.2) is 34.6 Å². The lowest BCUT2D eigenvalue weighted by Gasteiger charge is -2.36. The van der Waals surface area contributed by atoms with Crippen molar-refractivity contribution in [3.05, 3.63) is 35.9 Å². The summed E-state index contributed by atoms with van der Waals surface area (Å²) in [6, 6.07) is 10.1. The summed E-state index contributed by atoms with van der Waals surface area (Å²) < 4.78 is 0. The molecule has 2 rings (SSSR count). The summed E-state index contributed by atoms with van der Waals surface area (Å²) in [5, 5.41) is -0.103. The SMILES string of the molecule is C[C@H](SCc1ccccc1)C(=O)N1CCCC[C@H]1CC(N)=O. The third-order valence-electron chi connectivity index (χ3n) is 4.04. The molecule has 1 aromatic rings. The fourth-order valence-corrected chi connectivity index (χ4v) is 3.75. The normalized spacial score (nSPS) is 19.7. The van der Waals surface area contributed by atoms with Crippen LogP contribution in [0.15, 0.2) is 30.3 Å². The minimum atomic E-state index is -0.325. The van der Waals surface area contributed by atoms with Crippen molar-refractivity contribution in [2.75, 3.05) is 6.54 Å². The predicted octanol–water partition coefficient (Wildman–Crippen LogP) is 2.56. The van der Waals surface area contributed by atoms with E-state index in [1.165, 1.54) is 5.56 Å². The van der Waals surface area contributed by atoms with Crippen LogP contribution in [-0.2, 0) is 15.3 Å². The van der Waals surface area contributed by atoms with E-state index in [0.29, 0.717) is 0 Å². The Morgan fingerprint density at radius 2 is 2.05 bits per heavy atom. The van der Waals surface area contributed by atoms with Gasteiger partial charge in [-0.25, -0.2) is 0 Å². The van der Waals surface area contributed by atoms with Crippen LogP contribution >= 0.6 is 11.8 Å². The largest absolute Gasteiger partial charge is 0.370 e. The Balaban J connectivity index is 1.91. The summed E-state index contributed by atoms with van der Waals surface area (Å²) in [4.78, 5) is 25.7. The summed E-state index contributed by atoms with van der Waals surface area (Å²) >= 11 is 1.64. The first-order valence-corrected chi connectivity index (χ1v) is 8.87. The Morgan fingerprint density at radius 1 is 1.32 bits per heavy atom. The molecule has 5 heteroatoms. The van der Waals surface area contributed by atoms with E-state index < -0.39 is 0 Å². The van der Waals surface area contributed by atoms with Crippen molar-refractivity contribution in [1.29, 1.82) is 0 Å². The van der Waals surface area contributed by atoms with Crippen molar-refractivity contribution < 1.29 is 9.59 Å². The second-order valence-electron chi connectivity index (χ2n) is 5.79. The molecule has 2 N–H and O–H groups in total.